The quantitative estimate of drug-likeness (QED) is 0.630. The molecule has 0 fully saturated rings. The van der Waals surface area contributed by atoms with Crippen molar-refractivity contribution in [1.82, 2.24) is 0 Å². The van der Waals surface area contributed by atoms with Gasteiger partial charge in [0.2, 0.25) is 0 Å². The van der Waals surface area contributed by atoms with Crippen LogP contribution >= 0.6 is 0 Å². The SMILES string of the molecule is FC(F)C(F)(F)OC1=CC=CCC1. The summed E-state index contributed by atoms with van der Waals surface area (Å²) in [6.45, 7) is 0. The van der Waals surface area contributed by atoms with Crippen molar-refractivity contribution < 1.29 is 22.3 Å². The van der Waals surface area contributed by atoms with Crippen molar-refractivity contribution >= 4 is 0 Å². The first-order chi connectivity index (χ1) is 6.02. The standard InChI is InChI=1S/C8H8F4O/c9-7(10)8(11,12)13-6-4-2-1-3-5-6/h1-2,4,7H,3,5H2. The van der Waals surface area contributed by atoms with Crippen LogP contribution in [0.4, 0.5) is 17.6 Å². The highest BCUT2D eigenvalue weighted by Crippen LogP contribution is 2.29. The molecular formula is C8H8F4O. The highest BCUT2D eigenvalue weighted by molar-refractivity contribution is 5.13. The molecular weight excluding hydrogens is 188 g/mol. The summed E-state index contributed by atoms with van der Waals surface area (Å²) < 4.78 is 51.7. The van der Waals surface area contributed by atoms with E-state index in [4.69, 9.17) is 0 Å². The number of rotatable bonds is 3. The van der Waals surface area contributed by atoms with Crippen LogP contribution in [0, 0.1) is 0 Å². The smallest absolute Gasteiger partial charge is 0.433 e. The van der Waals surface area contributed by atoms with Gasteiger partial charge in [-0.2, -0.15) is 17.6 Å². The predicted octanol–water partition coefficient (Wildman–Crippen LogP) is 3.09. The molecule has 1 nitrogen and oxygen atoms in total. The molecule has 0 saturated carbocycles. The number of alkyl halides is 4. The summed E-state index contributed by atoms with van der Waals surface area (Å²) in [6, 6.07) is 0. The van der Waals surface area contributed by atoms with E-state index < -0.39 is 12.5 Å². The number of hydrogen-bond donors (Lipinski definition) is 0. The predicted molar refractivity (Wildman–Crippen MR) is 38.5 cm³/mol. The van der Waals surface area contributed by atoms with E-state index in [-0.39, 0.29) is 12.2 Å². The minimum absolute atomic E-state index is 0.104. The van der Waals surface area contributed by atoms with Gasteiger partial charge in [-0.05, 0) is 12.5 Å². The molecule has 0 heterocycles. The fraction of sp³-hybridized carbons (Fsp3) is 0.500. The Balaban J connectivity index is 2.57. The average molecular weight is 196 g/mol. The zero-order valence-electron chi connectivity index (χ0n) is 6.64. The van der Waals surface area contributed by atoms with Crippen molar-refractivity contribution in [3.8, 4) is 0 Å². The van der Waals surface area contributed by atoms with Crippen molar-refractivity contribution in [3.05, 3.63) is 24.0 Å². The molecule has 0 atom stereocenters. The number of hydrogen-bond acceptors (Lipinski definition) is 1. The first-order valence-electron chi connectivity index (χ1n) is 3.73. The molecule has 0 aliphatic heterocycles. The van der Waals surface area contributed by atoms with Crippen LogP contribution in [-0.2, 0) is 4.74 Å². The summed E-state index contributed by atoms with van der Waals surface area (Å²) >= 11 is 0. The van der Waals surface area contributed by atoms with Gasteiger partial charge in [0.25, 0.3) is 0 Å². The molecule has 13 heavy (non-hydrogen) atoms. The van der Waals surface area contributed by atoms with E-state index >= 15 is 0 Å². The number of halogens is 4. The van der Waals surface area contributed by atoms with E-state index in [1.807, 2.05) is 0 Å². The van der Waals surface area contributed by atoms with Gasteiger partial charge in [-0.25, -0.2) is 0 Å². The van der Waals surface area contributed by atoms with Gasteiger partial charge in [-0.15, -0.1) is 0 Å². The molecule has 0 N–H and O–H groups in total. The van der Waals surface area contributed by atoms with E-state index in [0.717, 1.165) is 0 Å². The summed E-state index contributed by atoms with van der Waals surface area (Å²) in [6.07, 6.45) is -2.89. The second-order valence-electron chi connectivity index (χ2n) is 2.56. The van der Waals surface area contributed by atoms with E-state index in [9.17, 15) is 17.6 Å². The lowest BCUT2D eigenvalue weighted by Gasteiger charge is -2.19. The molecule has 1 rings (SSSR count). The van der Waals surface area contributed by atoms with Crippen LogP contribution in [-0.4, -0.2) is 12.5 Å². The molecule has 0 aromatic heterocycles. The second kappa shape index (κ2) is 3.81. The Morgan fingerprint density at radius 1 is 1.38 bits per heavy atom. The Labute approximate surface area is 72.7 Å². The molecule has 5 heteroatoms. The Morgan fingerprint density at radius 2 is 2.08 bits per heavy atom. The van der Waals surface area contributed by atoms with Crippen molar-refractivity contribution in [3.63, 3.8) is 0 Å². The zero-order valence-corrected chi connectivity index (χ0v) is 6.64. The second-order valence-corrected chi connectivity index (χ2v) is 2.56. The van der Waals surface area contributed by atoms with Gasteiger partial charge in [0.05, 0.1) is 0 Å². The normalized spacial score (nSPS) is 17.5. The van der Waals surface area contributed by atoms with Gasteiger partial charge in [0.15, 0.2) is 0 Å². The van der Waals surface area contributed by atoms with Crippen molar-refractivity contribution in [2.45, 2.75) is 25.4 Å². The summed E-state index contributed by atoms with van der Waals surface area (Å²) in [5.41, 5.74) is 0. The first kappa shape index (κ1) is 10.1. The Hall–Kier alpha value is -1.00. The first-order valence-corrected chi connectivity index (χ1v) is 3.73. The Bertz CT molecular complexity index is 232. The third-order valence-electron chi connectivity index (χ3n) is 1.50. The molecule has 0 aromatic carbocycles. The molecule has 0 amide bonds. The lowest BCUT2D eigenvalue weighted by atomic mass is 10.2. The monoisotopic (exact) mass is 196 g/mol. The molecule has 1 aliphatic rings. The van der Waals surface area contributed by atoms with Crippen LogP contribution in [0.15, 0.2) is 24.0 Å². The largest absolute Gasteiger partial charge is 0.460 e. The molecule has 74 valence electrons. The maximum absolute atomic E-state index is 12.3. The number of allylic oxidation sites excluding steroid dienone is 4. The summed E-state index contributed by atoms with van der Waals surface area (Å²) in [4.78, 5) is 0. The van der Waals surface area contributed by atoms with Crippen molar-refractivity contribution in [2.75, 3.05) is 0 Å². The van der Waals surface area contributed by atoms with E-state index in [2.05, 4.69) is 4.74 Å². The lowest BCUT2D eigenvalue weighted by Crippen LogP contribution is -2.29. The van der Waals surface area contributed by atoms with Gasteiger partial charge in [-0.3, -0.25) is 0 Å². The molecule has 0 saturated heterocycles. The van der Waals surface area contributed by atoms with Gasteiger partial charge < -0.3 is 4.74 Å². The van der Waals surface area contributed by atoms with Gasteiger partial charge in [0.1, 0.15) is 5.76 Å². The highest BCUT2D eigenvalue weighted by Gasteiger charge is 2.44. The minimum Gasteiger partial charge on any atom is -0.433 e. The molecule has 0 spiro atoms. The third-order valence-corrected chi connectivity index (χ3v) is 1.50. The van der Waals surface area contributed by atoms with Gasteiger partial charge in [0, 0.05) is 6.42 Å². The molecule has 0 bridgehead atoms. The van der Waals surface area contributed by atoms with Crippen molar-refractivity contribution in [2.24, 2.45) is 0 Å². The fourth-order valence-electron chi connectivity index (χ4n) is 0.885. The maximum atomic E-state index is 12.3. The van der Waals surface area contributed by atoms with Crippen LogP contribution in [0.3, 0.4) is 0 Å². The number of ether oxygens (including phenoxy) is 1. The third kappa shape index (κ3) is 2.75. The van der Waals surface area contributed by atoms with Crippen LogP contribution < -0.4 is 0 Å². The van der Waals surface area contributed by atoms with Crippen LogP contribution in [0.5, 0.6) is 0 Å². The van der Waals surface area contributed by atoms with E-state index in [1.54, 1.807) is 6.08 Å². The molecule has 0 unspecified atom stereocenters. The van der Waals surface area contributed by atoms with Crippen LogP contribution in [0.2, 0.25) is 0 Å². The Morgan fingerprint density at radius 3 is 2.54 bits per heavy atom. The van der Waals surface area contributed by atoms with Gasteiger partial charge >= 0.3 is 12.5 Å². The molecule has 0 radical (unpaired) electrons. The topological polar surface area (TPSA) is 9.23 Å². The van der Waals surface area contributed by atoms with E-state index in [1.165, 1.54) is 12.2 Å². The summed E-state index contributed by atoms with van der Waals surface area (Å²) in [5.74, 6) is -0.104. The summed E-state index contributed by atoms with van der Waals surface area (Å²) in [5, 5.41) is 0. The molecule has 1 aliphatic carbocycles. The summed E-state index contributed by atoms with van der Waals surface area (Å²) in [7, 11) is 0. The van der Waals surface area contributed by atoms with E-state index in [0.29, 0.717) is 6.42 Å². The highest BCUT2D eigenvalue weighted by atomic mass is 19.3. The zero-order chi connectivity index (χ0) is 9.90. The maximum Gasteiger partial charge on any atom is 0.460 e. The van der Waals surface area contributed by atoms with Crippen LogP contribution in [0.25, 0.3) is 0 Å². The molecule has 0 aromatic rings. The lowest BCUT2D eigenvalue weighted by molar-refractivity contribution is -0.282. The van der Waals surface area contributed by atoms with Gasteiger partial charge in [-0.1, -0.05) is 12.2 Å². The Kier molecular flexibility index (Phi) is 2.95. The van der Waals surface area contributed by atoms with Crippen LogP contribution in [0.1, 0.15) is 12.8 Å². The average Bonchev–Trinajstić information content (AvgIpc) is 2.05. The van der Waals surface area contributed by atoms with Crippen molar-refractivity contribution in [1.29, 1.82) is 0 Å². The minimum atomic E-state index is -4.38. The fourth-order valence-corrected chi connectivity index (χ4v) is 0.885.